The average Bonchev–Trinajstić information content (AvgIpc) is 3.40. The zero-order chi connectivity index (χ0) is 28.3. The third-order valence-electron chi connectivity index (χ3n) is 6.77. The second-order valence-electron chi connectivity index (χ2n) is 9.61. The van der Waals surface area contributed by atoms with Crippen molar-refractivity contribution in [3.05, 3.63) is 107 Å². The Bertz CT molecular complexity index is 1380. The maximum absolute atomic E-state index is 13.3. The van der Waals surface area contributed by atoms with Crippen LogP contribution in [-0.2, 0) is 30.2 Å². The Balaban J connectivity index is 0.00000387. The van der Waals surface area contributed by atoms with Crippen LogP contribution in [0.4, 0.5) is 26.3 Å². The second-order valence-corrected chi connectivity index (χ2v) is 9.61. The fourth-order valence-electron chi connectivity index (χ4n) is 4.96. The molecule has 5 rings (SSSR count). The Hall–Kier alpha value is -3.41. The lowest BCUT2D eigenvalue weighted by Gasteiger charge is -2.41. The number of benzene rings is 3. The van der Waals surface area contributed by atoms with E-state index in [9.17, 15) is 26.3 Å². The quantitative estimate of drug-likeness (QED) is 0.201. The number of rotatable bonds is 7. The molecule has 12 heteroatoms. The van der Waals surface area contributed by atoms with Crippen molar-refractivity contribution in [1.82, 2.24) is 15.0 Å². The summed E-state index contributed by atoms with van der Waals surface area (Å²) in [6.45, 7) is 0.573. The molecule has 0 bridgehead atoms. The van der Waals surface area contributed by atoms with Crippen molar-refractivity contribution in [3.63, 3.8) is 0 Å². The number of hydrogen-bond acceptors (Lipinski definition) is 5. The third-order valence-corrected chi connectivity index (χ3v) is 6.77. The molecule has 0 N–H and O–H groups in total. The molecule has 0 unspecified atom stereocenters. The molecule has 218 valence electrons. The molecule has 2 atom stereocenters. The van der Waals surface area contributed by atoms with Gasteiger partial charge in [0.15, 0.2) is 5.82 Å². The summed E-state index contributed by atoms with van der Waals surface area (Å²) in [6, 6.07) is 19.9. The summed E-state index contributed by atoms with van der Waals surface area (Å²) < 4.78 is 91.6. The van der Waals surface area contributed by atoms with Crippen LogP contribution in [0.5, 0.6) is 0 Å². The fraction of sp³-hybridized carbons (Fsp3) is 0.310. The number of alkyl halides is 6. The van der Waals surface area contributed by atoms with Gasteiger partial charge < -0.3 is 9.26 Å². The molecule has 0 saturated carbocycles. The molecule has 2 heterocycles. The van der Waals surface area contributed by atoms with Crippen LogP contribution in [0.2, 0.25) is 0 Å². The second kappa shape index (κ2) is 12.6. The Morgan fingerprint density at radius 2 is 1.46 bits per heavy atom. The molecule has 4 aromatic rings. The van der Waals surface area contributed by atoms with E-state index >= 15 is 0 Å². The van der Waals surface area contributed by atoms with Crippen molar-refractivity contribution in [2.45, 2.75) is 50.5 Å². The van der Waals surface area contributed by atoms with E-state index in [2.05, 4.69) is 15.0 Å². The number of likely N-dealkylation sites (tertiary alicyclic amines) is 1. The highest BCUT2D eigenvalue weighted by Crippen LogP contribution is 2.38. The third kappa shape index (κ3) is 7.46. The Morgan fingerprint density at radius 1 is 0.854 bits per heavy atom. The Labute approximate surface area is 238 Å². The first-order valence-electron chi connectivity index (χ1n) is 12.6. The van der Waals surface area contributed by atoms with E-state index in [1.807, 2.05) is 60.7 Å². The van der Waals surface area contributed by atoms with Crippen molar-refractivity contribution < 1.29 is 35.6 Å². The number of aromatic nitrogens is 2. The van der Waals surface area contributed by atoms with Crippen LogP contribution in [0.15, 0.2) is 83.4 Å². The summed E-state index contributed by atoms with van der Waals surface area (Å²) in [7, 11) is 0. The number of hydrogen-bond donors (Lipinski definition) is 0. The van der Waals surface area contributed by atoms with Crippen molar-refractivity contribution in [2.75, 3.05) is 6.54 Å². The summed E-state index contributed by atoms with van der Waals surface area (Å²) in [5.41, 5.74) is -1.25. The Kier molecular flexibility index (Phi) is 9.41. The molecular formula is C29H26ClF6N3O2. The molecule has 1 aliphatic rings. The van der Waals surface area contributed by atoms with E-state index in [0.717, 1.165) is 11.1 Å². The highest BCUT2D eigenvalue weighted by molar-refractivity contribution is 5.85. The van der Waals surface area contributed by atoms with E-state index < -0.39 is 36.2 Å². The van der Waals surface area contributed by atoms with E-state index in [1.54, 1.807) is 0 Å². The molecule has 1 saturated heterocycles. The first-order chi connectivity index (χ1) is 19.1. The highest BCUT2D eigenvalue weighted by atomic mass is 35.5. The summed E-state index contributed by atoms with van der Waals surface area (Å²) >= 11 is 0. The van der Waals surface area contributed by atoms with E-state index in [-0.39, 0.29) is 30.1 Å². The topological polar surface area (TPSA) is 51.4 Å². The maximum atomic E-state index is 13.3. The molecule has 0 aliphatic carbocycles. The van der Waals surface area contributed by atoms with Crippen molar-refractivity contribution in [1.29, 1.82) is 0 Å². The maximum Gasteiger partial charge on any atom is 0.416 e. The van der Waals surface area contributed by atoms with E-state index in [0.29, 0.717) is 49.8 Å². The molecule has 41 heavy (non-hydrogen) atoms. The predicted octanol–water partition coefficient (Wildman–Crippen LogP) is 8.12. The van der Waals surface area contributed by atoms with Crippen molar-refractivity contribution >= 4 is 12.4 Å². The molecule has 3 aromatic carbocycles. The van der Waals surface area contributed by atoms with Crippen molar-refractivity contribution in [2.24, 2.45) is 0 Å². The average molecular weight is 598 g/mol. The van der Waals surface area contributed by atoms with E-state index in [4.69, 9.17) is 9.26 Å². The standard InChI is InChI=1S/C29H25F6N3O2.ClH/c30-28(31,32)22-14-19(15-23(16-22)29(33,34)35)18-39-24-12-7-13-38(26(24)20-8-3-1-4-9-20)17-25-36-27(40-37-25)21-10-5-2-6-11-21;/h1-6,8-11,14-16,24,26H,7,12-13,17-18H2;1H/t24-,26-;/m0./s1. The highest BCUT2D eigenvalue weighted by Gasteiger charge is 2.38. The first-order valence-corrected chi connectivity index (χ1v) is 12.6. The summed E-state index contributed by atoms with van der Waals surface area (Å²) in [4.78, 5) is 6.61. The first kappa shape index (κ1) is 30.5. The van der Waals surface area contributed by atoms with Gasteiger partial charge in [-0.3, -0.25) is 4.90 Å². The number of nitrogens with zero attached hydrogens (tertiary/aromatic N) is 3. The van der Waals surface area contributed by atoms with Crippen LogP contribution in [0.3, 0.4) is 0 Å². The smallest absolute Gasteiger partial charge is 0.372 e. The molecule has 5 nitrogen and oxygen atoms in total. The van der Waals surface area contributed by atoms with Crippen LogP contribution in [0, 0.1) is 0 Å². The predicted molar refractivity (Wildman–Crippen MR) is 141 cm³/mol. The molecular weight excluding hydrogens is 572 g/mol. The molecule has 0 radical (unpaired) electrons. The zero-order valence-electron chi connectivity index (χ0n) is 21.5. The summed E-state index contributed by atoms with van der Waals surface area (Å²) in [5, 5.41) is 4.12. The molecule has 0 spiro atoms. The van der Waals surface area contributed by atoms with Gasteiger partial charge in [0.25, 0.3) is 5.89 Å². The van der Waals surface area contributed by atoms with Gasteiger partial charge in [-0.15, -0.1) is 12.4 Å². The molecule has 1 fully saturated rings. The molecule has 0 amide bonds. The van der Waals surface area contributed by atoms with Gasteiger partial charge in [-0.2, -0.15) is 31.3 Å². The minimum absolute atomic E-state index is 0. The van der Waals surface area contributed by atoms with Gasteiger partial charge in [0.05, 0.1) is 36.4 Å². The largest absolute Gasteiger partial charge is 0.416 e. The van der Waals surface area contributed by atoms with Gasteiger partial charge in [-0.1, -0.05) is 53.7 Å². The number of ether oxygens (including phenoxy) is 1. The minimum Gasteiger partial charge on any atom is -0.372 e. The zero-order valence-corrected chi connectivity index (χ0v) is 22.3. The van der Waals surface area contributed by atoms with Gasteiger partial charge in [-0.05, 0) is 60.8 Å². The minimum atomic E-state index is -4.92. The summed E-state index contributed by atoms with van der Waals surface area (Å²) in [5.74, 6) is 0.829. The lowest BCUT2D eigenvalue weighted by atomic mass is 9.92. The summed E-state index contributed by atoms with van der Waals surface area (Å²) in [6.07, 6.45) is -9.07. The fourth-order valence-corrected chi connectivity index (χ4v) is 4.96. The van der Waals surface area contributed by atoms with Crippen LogP contribution in [-0.4, -0.2) is 27.7 Å². The van der Waals surface area contributed by atoms with Crippen LogP contribution in [0.1, 0.15) is 47.0 Å². The van der Waals surface area contributed by atoms with Gasteiger partial charge in [0.2, 0.25) is 0 Å². The van der Waals surface area contributed by atoms with Crippen LogP contribution in [0.25, 0.3) is 11.5 Å². The SMILES string of the molecule is Cl.FC(F)(F)c1cc(CO[C@H]2CCCN(Cc3noc(-c4ccccc4)n3)[C@H]2c2ccccc2)cc(C(F)(F)F)c1. The Morgan fingerprint density at radius 3 is 2.07 bits per heavy atom. The lowest BCUT2D eigenvalue weighted by molar-refractivity contribution is -0.143. The van der Waals surface area contributed by atoms with Crippen LogP contribution < -0.4 is 0 Å². The monoisotopic (exact) mass is 597 g/mol. The normalized spacial score (nSPS) is 18.2. The van der Waals surface area contributed by atoms with E-state index in [1.165, 1.54) is 0 Å². The molecule has 1 aliphatic heterocycles. The molecule has 1 aromatic heterocycles. The van der Waals surface area contributed by atoms with Crippen molar-refractivity contribution in [3.8, 4) is 11.5 Å². The van der Waals surface area contributed by atoms with Crippen LogP contribution >= 0.6 is 12.4 Å². The van der Waals surface area contributed by atoms with Gasteiger partial charge in [0.1, 0.15) is 0 Å². The number of halogens is 7. The van der Waals surface area contributed by atoms with Gasteiger partial charge >= 0.3 is 12.4 Å². The van der Waals surface area contributed by atoms with Gasteiger partial charge in [0, 0.05) is 5.56 Å². The lowest BCUT2D eigenvalue weighted by Crippen LogP contribution is -2.42. The van der Waals surface area contributed by atoms with Gasteiger partial charge in [-0.25, -0.2) is 0 Å². The number of piperidine rings is 1.